The zero-order valence-corrected chi connectivity index (χ0v) is 16.0. The Morgan fingerprint density at radius 1 is 1.12 bits per heavy atom. The molecule has 1 aliphatic rings. The van der Waals surface area contributed by atoms with Crippen molar-refractivity contribution in [2.45, 2.75) is 19.4 Å². The summed E-state index contributed by atoms with van der Waals surface area (Å²) in [6.07, 6.45) is 0.916. The van der Waals surface area contributed by atoms with Crippen molar-refractivity contribution in [1.29, 1.82) is 0 Å². The highest BCUT2D eigenvalue weighted by Crippen LogP contribution is 2.32. The van der Waals surface area contributed by atoms with Crippen molar-refractivity contribution in [3.05, 3.63) is 48.0 Å². The minimum absolute atomic E-state index is 0. The molecule has 26 heavy (non-hydrogen) atoms. The van der Waals surface area contributed by atoms with Gasteiger partial charge in [-0.1, -0.05) is 31.2 Å². The van der Waals surface area contributed by atoms with Crippen LogP contribution >= 0.6 is 12.4 Å². The lowest BCUT2D eigenvalue weighted by Gasteiger charge is -2.26. The zero-order chi connectivity index (χ0) is 17.5. The maximum Gasteiger partial charge on any atom is 0.164 e. The van der Waals surface area contributed by atoms with E-state index in [-0.39, 0.29) is 18.5 Å². The summed E-state index contributed by atoms with van der Waals surface area (Å²) in [5, 5.41) is 3.36. The molecule has 1 atom stereocenters. The van der Waals surface area contributed by atoms with E-state index in [0.717, 1.165) is 41.5 Å². The van der Waals surface area contributed by atoms with Crippen LogP contribution in [-0.4, -0.2) is 39.5 Å². The molecule has 0 spiro atoms. The summed E-state index contributed by atoms with van der Waals surface area (Å²) in [5.41, 5.74) is 1.15. The monoisotopic (exact) mass is 379 g/mol. The van der Waals surface area contributed by atoms with Crippen molar-refractivity contribution in [3.8, 4) is 23.0 Å². The summed E-state index contributed by atoms with van der Waals surface area (Å²) in [6.45, 7) is 4.67. The molecule has 1 N–H and O–H groups in total. The maximum absolute atomic E-state index is 5.94. The van der Waals surface area contributed by atoms with Gasteiger partial charge >= 0.3 is 0 Å². The van der Waals surface area contributed by atoms with Crippen LogP contribution in [0.5, 0.6) is 23.0 Å². The number of methoxy groups -OCH3 is 1. The zero-order valence-electron chi connectivity index (χ0n) is 15.2. The Kier molecular flexibility index (Phi) is 7.88. The minimum atomic E-state index is 0. The Morgan fingerprint density at radius 3 is 2.69 bits per heavy atom. The second-order valence-corrected chi connectivity index (χ2v) is 5.85. The van der Waals surface area contributed by atoms with E-state index < -0.39 is 0 Å². The van der Waals surface area contributed by atoms with E-state index >= 15 is 0 Å². The molecule has 0 bridgehead atoms. The maximum atomic E-state index is 5.94. The van der Waals surface area contributed by atoms with Crippen LogP contribution in [0.25, 0.3) is 0 Å². The van der Waals surface area contributed by atoms with Crippen LogP contribution in [0.1, 0.15) is 12.5 Å². The van der Waals surface area contributed by atoms with Gasteiger partial charge in [-0.3, -0.25) is 0 Å². The third kappa shape index (κ3) is 4.96. The Hall–Kier alpha value is -2.11. The number of ether oxygens (including phenoxy) is 4. The molecule has 0 fully saturated rings. The van der Waals surface area contributed by atoms with Gasteiger partial charge in [-0.2, -0.15) is 0 Å². The number of fused-ring (bicyclic) bond motifs is 1. The summed E-state index contributed by atoms with van der Waals surface area (Å²) in [5.74, 6) is 3.23. The first kappa shape index (κ1) is 20.2. The van der Waals surface area contributed by atoms with Crippen LogP contribution in [0.15, 0.2) is 42.5 Å². The highest BCUT2D eigenvalue weighted by atomic mass is 35.5. The highest BCUT2D eigenvalue weighted by molar-refractivity contribution is 5.85. The van der Waals surface area contributed by atoms with Crippen LogP contribution in [0.4, 0.5) is 0 Å². The predicted octanol–water partition coefficient (Wildman–Crippen LogP) is 3.49. The lowest BCUT2D eigenvalue weighted by molar-refractivity contribution is 0.0897. The smallest absolute Gasteiger partial charge is 0.164 e. The van der Waals surface area contributed by atoms with Gasteiger partial charge in [0.1, 0.15) is 19.3 Å². The van der Waals surface area contributed by atoms with E-state index in [2.05, 4.69) is 18.3 Å². The van der Waals surface area contributed by atoms with Crippen molar-refractivity contribution in [2.75, 3.05) is 33.4 Å². The van der Waals surface area contributed by atoms with Crippen molar-refractivity contribution in [1.82, 2.24) is 5.32 Å². The quantitative estimate of drug-likeness (QED) is 0.711. The molecule has 2 aromatic rings. The van der Waals surface area contributed by atoms with Gasteiger partial charge in [0.05, 0.1) is 7.11 Å². The lowest BCUT2D eigenvalue weighted by Crippen LogP contribution is -2.39. The summed E-state index contributed by atoms with van der Waals surface area (Å²) in [4.78, 5) is 0. The first-order valence-electron chi connectivity index (χ1n) is 8.69. The van der Waals surface area contributed by atoms with Gasteiger partial charge in [0.15, 0.2) is 23.0 Å². The molecule has 0 saturated heterocycles. The van der Waals surface area contributed by atoms with Crippen LogP contribution in [0.3, 0.4) is 0 Å². The molecule has 5 nitrogen and oxygen atoms in total. The summed E-state index contributed by atoms with van der Waals surface area (Å²) >= 11 is 0. The number of rotatable bonds is 8. The SMILES string of the molecule is CCc1cccc(OC)c1OCCNC[C@H]1COc2ccccc2O1.Cl. The van der Waals surface area contributed by atoms with Crippen LogP contribution < -0.4 is 24.3 Å². The predicted molar refractivity (Wildman–Crippen MR) is 104 cm³/mol. The Labute approximate surface area is 161 Å². The Morgan fingerprint density at radius 2 is 1.92 bits per heavy atom. The number of halogens is 1. The molecule has 0 aliphatic carbocycles. The number of nitrogens with one attached hydrogen (secondary N) is 1. The normalized spacial score (nSPS) is 15.1. The molecule has 6 heteroatoms. The van der Waals surface area contributed by atoms with Crippen molar-refractivity contribution >= 4 is 12.4 Å². The summed E-state index contributed by atoms with van der Waals surface area (Å²) in [6, 6.07) is 13.7. The van der Waals surface area contributed by atoms with Crippen LogP contribution in [0.2, 0.25) is 0 Å². The third-order valence-electron chi connectivity index (χ3n) is 4.13. The number of aryl methyl sites for hydroxylation is 1. The molecule has 142 valence electrons. The van der Waals surface area contributed by atoms with E-state index in [1.54, 1.807) is 7.11 Å². The molecular formula is C20H26ClNO4. The summed E-state index contributed by atoms with van der Waals surface area (Å²) < 4.78 is 23.0. The van der Waals surface area contributed by atoms with E-state index in [1.807, 2.05) is 36.4 Å². The molecule has 0 radical (unpaired) electrons. The molecule has 0 saturated carbocycles. The lowest BCUT2D eigenvalue weighted by atomic mass is 10.1. The van der Waals surface area contributed by atoms with Gasteiger partial charge in [-0.05, 0) is 30.2 Å². The fourth-order valence-electron chi connectivity index (χ4n) is 2.82. The van der Waals surface area contributed by atoms with Crippen molar-refractivity contribution < 1.29 is 18.9 Å². The molecule has 1 heterocycles. The van der Waals surface area contributed by atoms with E-state index in [1.165, 1.54) is 0 Å². The molecule has 0 aromatic heterocycles. The highest BCUT2D eigenvalue weighted by Gasteiger charge is 2.19. The molecule has 2 aromatic carbocycles. The minimum Gasteiger partial charge on any atom is -0.493 e. The molecule has 1 aliphatic heterocycles. The van der Waals surface area contributed by atoms with Gasteiger partial charge < -0.3 is 24.3 Å². The first-order chi connectivity index (χ1) is 12.3. The largest absolute Gasteiger partial charge is 0.493 e. The average Bonchev–Trinajstić information content (AvgIpc) is 2.67. The molecule has 0 amide bonds. The average molecular weight is 380 g/mol. The van der Waals surface area contributed by atoms with Gasteiger partial charge in [-0.25, -0.2) is 0 Å². The fourth-order valence-corrected chi connectivity index (χ4v) is 2.82. The van der Waals surface area contributed by atoms with Crippen molar-refractivity contribution in [2.24, 2.45) is 0 Å². The fraction of sp³-hybridized carbons (Fsp3) is 0.400. The van der Waals surface area contributed by atoms with E-state index in [4.69, 9.17) is 18.9 Å². The van der Waals surface area contributed by atoms with E-state index in [0.29, 0.717) is 19.8 Å². The van der Waals surface area contributed by atoms with Crippen LogP contribution in [-0.2, 0) is 6.42 Å². The topological polar surface area (TPSA) is 49.0 Å². The van der Waals surface area contributed by atoms with Gasteiger partial charge in [-0.15, -0.1) is 12.4 Å². The summed E-state index contributed by atoms with van der Waals surface area (Å²) in [7, 11) is 1.66. The van der Waals surface area contributed by atoms with Crippen LogP contribution in [0, 0.1) is 0 Å². The standard InChI is InChI=1S/C20H25NO4.ClH/c1-3-15-7-6-10-19(22-2)20(15)23-12-11-21-13-16-14-24-17-8-4-5-9-18(17)25-16;/h4-10,16,21H,3,11-14H2,1-2H3;1H/t16-;/m0./s1. The number of para-hydroxylation sites is 3. The van der Waals surface area contributed by atoms with Crippen molar-refractivity contribution in [3.63, 3.8) is 0 Å². The Balaban J connectivity index is 0.00000243. The number of hydrogen-bond donors (Lipinski definition) is 1. The second kappa shape index (κ2) is 10.1. The third-order valence-corrected chi connectivity index (χ3v) is 4.13. The Bertz CT molecular complexity index is 673. The molecule has 0 unspecified atom stereocenters. The number of benzene rings is 2. The molecule has 3 rings (SSSR count). The first-order valence-corrected chi connectivity index (χ1v) is 8.69. The van der Waals surface area contributed by atoms with Gasteiger partial charge in [0.2, 0.25) is 0 Å². The number of hydrogen-bond acceptors (Lipinski definition) is 5. The molecular weight excluding hydrogens is 354 g/mol. The van der Waals surface area contributed by atoms with Gasteiger partial charge in [0, 0.05) is 13.1 Å². The second-order valence-electron chi connectivity index (χ2n) is 5.85. The van der Waals surface area contributed by atoms with Gasteiger partial charge in [0.25, 0.3) is 0 Å². The van der Waals surface area contributed by atoms with E-state index in [9.17, 15) is 0 Å².